The van der Waals surface area contributed by atoms with Gasteiger partial charge in [-0.25, -0.2) is 14.6 Å². The Bertz CT molecular complexity index is 1020. The number of benzene rings is 2. The van der Waals surface area contributed by atoms with E-state index in [1.54, 1.807) is 0 Å². The first-order chi connectivity index (χ1) is 12.2. The number of hydrogen-bond acceptors (Lipinski definition) is 3. The molecule has 0 N–H and O–H groups in total. The molecule has 0 spiro atoms. The maximum absolute atomic E-state index is 4.89. The van der Waals surface area contributed by atoms with Crippen LogP contribution in [0, 0.1) is 13.8 Å². The summed E-state index contributed by atoms with van der Waals surface area (Å²) in [4.78, 5) is 9.76. The van der Waals surface area contributed by atoms with Gasteiger partial charge < -0.3 is 0 Å². The maximum atomic E-state index is 4.89. The van der Waals surface area contributed by atoms with E-state index < -0.39 is 0 Å². The van der Waals surface area contributed by atoms with Crippen molar-refractivity contribution in [2.75, 3.05) is 0 Å². The summed E-state index contributed by atoms with van der Waals surface area (Å²) in [7, 11) is 0. The predicted octanol–water partition coefficient (Wildman–Crippen LogP) is 4.22. The lowest BCUT2D eigenvalue weighted by Crippen LogP contribution is -2.10. The van der Waals surface area contributed by atoms with Gasteiger partial charge in [-0.3, -0.25) is 0 Å². The molecule has 0 bridgehead atoms. The molecule has 2 aromatic carbocycles. The monoisotopic (exact) mass is 328 g/mol. The molecule has 0 atom stereocenters. The molecule has 4 heteroatoms. The molecule has 4 aromatic rings. The van der Waals surface area contributed by atoms with Crippen LogP contribution in [-0.4, -0.2) is 19.7 Å². The molecular formula is C21H20N4. The molecule has 0 aliphatic carbocycles. The van der Waals surface area contributed by atoms with Crippen molar-refractivity contribution in [3.63, 3.8) is 0 Å². The fourth-order valence-corrected chi connectivity index (χ4v) is 3.12. The molecule has 25 heavy (non-hydrogen) atoms. The zero-order valence-electron chi connectivity index (χ0n) is 14.5. The predicted molar refractivity (Wildman–Crippen MR) is 100.0 cm³/mol. The molecule has 0 aliphatic heterocycles. The van der Waals surface area contributed by atoms with E-state index in [9.17, 15) is 0 Å². The van der Waals surface area contributed by atoms with Crippen molar-refractivity contribution in [1.82, 2.24) is 19.7 Å². The molecule has 0 saturated heterocycles. The van der Waals surface area contributed by atoms with Gasteiger partial charge in [0.1, 0.15) is 0 Å². The molecule has 2 heterocycles. The Morgan fingerprint density at radius 1 is 0.800 bits per heavy atom. The maximum Gasteiger partial charge on any atom is 0.175 e. The standard InChI is InChI=1S/C21H20N4/c1-15-14-16(2)25(24-15)21-20(13-12-17-8-4-3-5-9-17)22-18-10-6-7-11-19(18)23-21/h3-11,14H,12-13H2,1-2H3. The summed E-state index contributed by atoms with van der Waals surface area (Å²) in [5.41, 5.74) is 6.17. The van der Waals surface area contributed by atoms with Crippen molar-refractivity contribution in [1.29, 1.82) is 0 Å². The van der Waals surface area contributed by atoms with Crippen LogP contribution in [0.15, 0.2) is 60.7 Å². The van der Waals surface area contributed by atoms with Crippen LogP contribution in [0.3, 0.4) is 0 Å². The van der Waals surface area contributed by atoms with E-state index in [1.807, 2.05) is 41.9 Å². The summed E-state index contributed by atoms with van der Waals surface area (Å²) in [6.45, 7) is 4.06. The molecule has 0 aliphatic rings. The third-order valence-electron chi connectivity index (χ3n) is 4.33. The highest BCUT2D eigenvalue weighted by atomic mass is 15.3. The first kappa shape index (κ1) is 15.5. The molecule has 0 amide bonds. The van der Waals surface area contributed by atoms with E-state index >= 15 is 0 Å². The van der Waals surface area contributed by atoms with Gasteiger partial charge in [0.2, 0.25) is 0 Å². The fraction of sp³-hybridized carbons (Fsp3) is 0.190. The Hall–Kier alpha value is -3.01. The first-order valence-corrected chi connectivity index (χ1v) is 8.54. The number of rotatable bonds is 4. The minimum atomic E-state index is 0.829. The fourth-order valence-electron chi connectivity index (χ4n) is 3.12. The molecule has 4 nitrogen and oxygen atoms in total. The van der Waals surface area contributed by atoms with E-state index in [4.69, 9.17) is 9.97 Å². The van der Waals surface area contributed by atoms with Gasteiger partial charge in [-0.1, -0.05) is 42.5 Å². The van der Waals surface area contributed by atoms with E-state index in [2.05, 4.69) is 42.4 Å². The molecule has 2 aromatic heterocycles. The average molecular weight is 328 g/mol. The van der Waals surface area contributed by atoms with Gasteiger partial charge in [-0.15, -0.1) is 0 Å². The summed E-state index contributed by atoms with van der Waals surface area (Å²) in [5, 5.41) is 4.62. The minimum absolute atomic E-state index is 0.829. The van der Waals surface area contributed by atoms with Crippen molar-refractivity contribution in [3.8, 4) is 5.82 Å². The van der Waals surface area contributed by atoms with E-state index in [1.165, 1.54) is 5.56 Å². The minimum Gasteiger partial charge on any atom is -0.247 e. The molecular weight excluding hydrogens is 308 g/mol. The van der Waals surface area contributed by atoms with Crippen LogP contribution in [0.5, 0.6) is 0 Å². The molecule has 0 unspecified atom stereocenters. The number of aryl methyl sites for hydroxylation is 4. The number of para-hydroxylation sites is 2. The molecule has 124 valence electrons. The van der Waals surface area contributed by atoms with E-state index in [-0.39, 0.29) is 0 Å². The highest BCUT2D eigenvalue weighted by Crippen LogP contribution is 2.19. The Labute approximate surface area is 147 Å². The third kappa shape index (κ3) is 3.15. The Morgan fingerprint density at radius 2 is 1.48 bits per heavy atom. The Morgan fingerprint density at radius 3 is 2.16 bits per heavy atom. The lowest BCUT2D eigenvalue weighted by atomic mass is 10.1. The summed E-state index contributed by atoms with van der Waals surface area (Å²) in [6, 6.07) is 20.6. The number of fused-ring (bicyclic) bond motifs is 1. The van der Waals surface area contributed by atoms with Gasteiger partial charge in [0.15, 0.2) is 5.82 Å². The van der Waals surface area contributed by atoms with Gasteiger partial charge in [0, 0.05) is 5.69 Å². The Balaban J connectivity index is 1.80. The number of nitrogens with zero attached hydrogens (tertiary/aromatic N) is 4. The van der Waals surface area contributed by atoms with Crippen LogP contribution in [0.4, 0.5) is 0 Å². The van der Waals surface area contributed by atoms with Crippen molar-refractivity contribution in [2.24, 2.45) is 0 Å². The van der Waals surface area contributed by atoms with Crippen LogP contribution in [0.2, 0.25) is 0 Å². The zero-order chi connectivity index (χ0) is 17.2. The summed E-state index contributed by atoms with van der Waals surface area (Å²) in [6.07, 6.45) is 1.76. The van der Waals surface area contributed by atoms with Crippen LogP contribution in [0.25, 0.3) is 16.9 Å². The van der Waals surface area contributed by atoms with Crippen LogP contribution < -0.4 is 0 Å². The highest BCUT2D eigenvalue weighted by Gasteiger charge is 2.14. The Kier molecular flexibility index (Phi) is 4.02. The second-order valence-electron chi connectivity index (χ2n) is 6.31. The van der Waals surface area contributed by atoms with Crippen molar-refractivity contribution < 1.29 is 0 Å². The first-order valence-electron chi connectivity index (χ1n) is 8.54. The molecule has 0 radical (unpaired) electrons. The summed E-state index contributed by atoms with van der Waals surface area (Å²) in [5.74, 6) is 0.834. The van der Waals surface area contributed by atoms with Crippen molar-refractivity contribution in [2.45, 2.75) is 26.7 Å². The van der Waals surface area contributed by atoms with Crippen LogP contribution >= 0.6 is 0 Å². The molecule has 4 rings (SSSR count). The second kappa shape index (κ2) is 6.48. The largest absolute Gasteiger partial charge is 0.247 e. The lowest BCUT2D eigenvalue weighted by Gasteiger charge is -2.11. The number of hydrogen-bond donors (Lipinski definition) is 0. The van der Waals surface area contributed by atoms with Gasteiger partial charge >= 0.3 is 0 Å². The summed E-state index contributed by atoms with van der Waals surface area (Å²) >= 11 is 0. The van der Waals surface area contributed by atoms with Gasteiger partial charge in [0.05, 0.1) is 22.4 Å². The normalized spacial score (nSPS) is 11.1. The summed E-state index contributed by atoms with van der Waals surface area (Å²) < 4.78 is 1.91. The SMILES string of the molecule is Cc1cc(C)n(-c2nc3ccccc3nc2CCc2ccccc2)n1. The van der Waals surface area contributed by atoms with E-state index in [0.717, 1.165) is 46.8 Å². The lowest BCUT2D eigenvalue weighted by molar-refractivity contribution is 0.774. The molecule has 0 fully saturated rings. The topological polar surface area (TPSA) is 43.6 Å². The average Bonchev–Trinajstić information content (AvgIpc) is 2.98. The second-order valence-corrected chi connectivity index (χ2v) is 6.31. The van der Waals surface area contributed by atoms with Crippen LogP contribution in [0.1, 0.15) is 22.6 Å². The van der Waals surface area contributed by atoms with Gasteiger partial charge in [-0.2, -0.15) is 5.10 Å². The quantitative estimate of drug-likeness (QED) is 0.563. The smallest absolute Gasteiger partial charge is 0.175 e. The molecule has 0 saturated carbocycles. The van der Waals surface area contributed by atoms with Crippen molar-refractivity contribution in [3.05, 3.63) is 83.3 Å². The number of aromatic nitrogens is 4. The van der Waals surface area contributed by atoms with Crippen LogP contribution in [-0.2, 0) is 12.8 Å². The van der Waals surface area contributed by atoms with Gasteiger partial charge in [-0.05, 0) is 50.5 Å². The van der Waals surface area contributed by atoms with Crippen molar-refractivity contribution >= 4 is 11.0 Å². The third-order valence-corrected chi connectivity index (χ3v) is 4.33. The van der Waals surface area contributed by atoms with E-state index in [0.29, 0.717) is 0 Å². The highest BCUT2D eigenvalue weighted by molar-refractivity contribution is 5.75. The zero-order valence-corrected chi connectivity index (χ0v) is 14.5. The van der Waals surface area contributed by atoms with Gasteiger partial charge in [0.25, 0.3) is 0 Å².